The first-order valence-corrected chi connectivity index (χ1v) is 21.1. The summed E-state index contributed by atoms with van der Waals surface area (Å²) in [6, 6.07) is 64.1. The van der Waals surface area contributed by atoms with E-state index in [-0.39, 0.29) is 13.4 Å². The Morgan fingerprint density at radius 3 is 0.919 bits per heavy atom. The Bertz CT molecular complexity index is 3080. The lowest BCUT2D eigenvalue weighted by molar-refractivity contribution is 0.464. The highest BCUT2D eigenvalue weighted by Crippen LogP contribution is 2.49. The van der Waals surface area contributed by atoms with Crippen LogP contribution < -0.4 is 61.5 Å². The van der Waals surface area contributed by atoms with Gasteiger partial charge in [0.2, 0.25) is 0 Å². The highest BCUT2D eigenvalue weighted by atomic mass is 16.5. The van der Waals surface area contributed by atoms with Gasteiger partial charge < -0.3 is 28.7 Å². The van der Waals surface area contributed by atoms with Gasteiger partial charge in [-0.25, -0.2) is 0 Å². The van der Waals surface area contributed by atoms with Crippen LogP contribution >= 0.6 is 0 Å². The molecule has 0 saturated heterocycles. The van der Waals surface area contributed by atoms with Crippen LogP contribution in [0.4, 0.5) is 34.1 Å². The number of hydrogen-bond donors (Lipinski definition) is 0. The highest BCUT2D eigenvalue weighted by molar-refractivity contribution is 7.01. The zero-order valence-corrected chi connectivity index (χ0v) is 33.0. The third-order valence-corrected chi connectivity index (χ3v) is 13.5. The second kappa shape index (κ2) is 11.8. The molecule has 0 fully saturated rings. The van der Waals surface area contributed by atoms with Gasteiger partial charge in [0.25, 0.3) is 13.4 Å². The molecule has 0 saturated carbocycles. The molecule has 8 heteroatoms. The average molecular weight is 792 g/mol. The van der Waals surface area contributed by atoms with Crippen LogP contribution in [-0.2, 0) is 0 Å². The Hall–Kier alpha value is -8.09. The van der Waals surface area contributed by atoms with E-state index in [1.54, 1.807) is 0 Å². The smallest absolute Gasteiger partial charge is 0.266 e. The molecule has 62 heavy (non-hydrogen) atoms. The fourth-order valence-electron chi connectivity index (χ4n) is 11.1. The van der Waals surface area contributed by atoms with Gasteiger partial charge in [0.05, 0.1) is 0 Å². The van der Waals surface area contributed by atoms with Gasteiger partial charge in [-0.3, -0.25) is 0 Å². The fraction of sp³-hybridized carbons (Fsp3) is 0. The summed E-state index contributed by atoms with van der Waals surface area (Å²) in [5.74, 6) is 6.77. The highest BCUT2D eigenvalue weighted by Gasteiger charge is 2.49. The predicted octanol–water partition coefficient (Wildman–Crippen LogP) is 10.0. The van der Waals surface area contributed by atoms with Crippen molar-refractivity contribution in [3.8, 4) is 68.2 Å². The molecule has 6 nitrogen and oxygen atoms in total. The predicted molar refractivity (Wildman–Crippen MR) is 249 cm³/mol. The summed E-state index contributed by atoms with van der Waals surface area (Å²) in [4.78, 5) is 4.67. The first kappa shape index (κ1) is 32.7. The van der Waals surface area contributed by atoms with Gasteiger partial charge in [-0.05, 0) is 147 Å². The van der Waals surface area contributed by atoms with Crippen molar-refractivity contribution in [2.75, 3.05) is 9.80 Å². The molecule has 0 aromatic heterocycles. The molecule has 0 amide bonds. The molecule has 286 valence electrons. The Morgan fingerprint density at radius 2 is 0.581 bits per heavy atom. The summed E-state index contributed by atoms with van der Waals surface area (Å²) in [5.41, 5.74) is 17.7. The number of para-hydroxylation sites is 2. The number of rotatable bonds is 4. The lowest BCUT2D eigenvalue weighted by atomic mass is 9.33. The van der Waals surface area contributed by atoms with Crippen molar-refractivity contribution >= 4 is 80.3 Å². The van der Waals surface area contributed by atoms with Crippen LogP contribution in [0, 0.1) is 0 Å². The minimum atomic E-state index is -0.0132. The molecule has 0 radical (unpaired) electrons. The number of ether oxygens (including phenoxy) is 4. The van der Waals surface area contributed by atoms with Gasteiger partial charge >= 0.3 is 0 Å². The van der Waals surface area contributed by atoms with Gasteiger partial charge in [0.1, 0.15) is 46.0 Å². The van der Waals surface area contributed by atoms with Crippen LogP contribution in [-0.4, -0.2) is 13.4 Å². The molecular formula is C54H30B2N2O4. The molecule has 9 aromatic rings. The van der Waals surface area contributed by atoms with Crippen molar-refractivity contribution in [3.05, 3.63) is 182 Å². The van der Waals surface area contributed by atoms with Gasteiger partial charge in [-0.15, -0.1) is 0 Å². The largest absolute Gasteiger partial charge is 0.458 e. The summed E-state index contributed by atoms with van der Waals surface area (Å²) in [6.45, 7) is -0.0264. The molecule has 6 aliphatic rings. The number of benzene rings is 9. The van der Waals surface area contributed by atoms with E-state index in [1.807, 2.05) is 0 Å². The van der Waals surface area contributed by atoms with Crippen LogP contribution in [0.5, 0.6) is 46.0 Å². The molecule has 0 unspecified atom stereocenters. The average Bonchev–Trinajstić information content (AvgIpc) is 3.32. The van der Waals surface area contributed by atoms with E-state index in [9.17, 15) is 0 Å². The lowest BCUT2D eigenvalue weighted by Crippen LogP contribution is -2.61. The Morgan fingerprint density at radius 1 is 0.258 bits per heavy atom. The molecule has 0 N–H and O–H groups in total. The van der Waals surface area contributed by atoms with E-state index in [2.05, 4.69) is 192 Å². The number of anilines is 6. The SMILES string of the molecule is c1ccc(N2c3cccc4c3B3c5c(cc(-c6cccc(-c7cc8c9c(c7)Oc7cccc%10c7B9c7c(cccc7N%10c7ccccc7)O8)c6)cc5Oc5cccc2c53)O4)cc1. The molecular weight excluding hydrogens is 762 g/mol. The van der Waals surface area contributed by atoms with E-state index in [4.69, 9.17) is 18.9 Å². The topological polar surface area (TPSA) is 43.4 Å². The van der Waals surface area contributed by atoms with Crippen LogP contribution in [0.25, 0.3) is 22.3 Å². The molecule has 9 aromatic carbocycles. The Labute approximate surface area is 357 Å². The third kappa shape index (κ3) is 4.25. The standard InChI is InChI=1S/C54H30B2N2O4/c1-3-14-35(15-4-1)57-37-18-8-22-41-49(37)55-50-38(57)19-9-23-42(50)60-46-28-33(27-45(59-41)53(46)55)31-12-7-13-32(26-31)34-29-47-54-48(30-34)62-44-25-11-21-40-52(44)56(54)51-39(20-10-24-43(51)61-47)58(40)36-16-5-2-6-17-36/h1-30H. The van der Waals surface area contributed by atoms with Crippen molar-refractivity contribution in [2.24, 2.45) is 0 Å². The zero-order chi connectivity index (χ0) is 40.2. The zero-order valence-electron chi connectivity index (χ0n) is 33.0. The quantitative estimate of drug-likeness (QED) is 0.166. The molecule has 15 rings (SSSR count). The molecule has 0 spiro atoms. The van der Waals surface area contributed by atoms with Gasteiger partial charge in [-0.2, -0.15) is 0 Å². The van der Waals surface area contributed by atoms with Crippen molar-refractivity contribution in [2.45, 2.75) is 0 Å². The van der Waals surface area contributed by atoms with Crippen LogP contribution in [0.3, 0.4) is 0 Å². The van der Waals surface area contributed by atoms with Crippen LogP contribution in [0.1, 0.15) is 0 Å². The second-order valence-electron chi connectivity index (χ2n) is 16.7. The maximum atomic E-state index is 6.88. The molecule has 6 heterocycles. The first-order valence-electron chi connectivity index (χ1n) is 21.1. The van der Waals surface area contributed by atoms with E-state index >= 15 is 0 Å². The summed E-state index contributed by atoms with van der Waals surface area (Å²) in [7, 11) is 0. The minimum absolute atomic E-state index is 0.0132. The maximum absolute atomic E-state index is 6.88. The third-order valence-electron chi connectivity index (χ3n) is 13.5. The molecule has 6 aliphatic heterocycles. The van der Waals surface area contributed by atoms with Gasteiger partial charge in [0.15, 0.2) is 0 Å². The van der Waals surface area contributed by atoms with Crippen LogP contribution in [0.2, 0.25) is 0 Å². The lowest BCUT2D eigenvalue weighted by Gasteiger charge is -2.42. The normalized spacial score (nSPS) is 14.2. The van der Waals surface area contributed by atoms with Crippen molar-refractivity contribution in [1.29, 1.82) is 0 Å². The van der Waals surface area contributed by atoms with E-state index in [0.717, 1.165) is 113 Å². The molecule has 0 atom stereocenters. The Kier molecular flexibility index (Phi) is 6.23. The summed E-state index contributed by atoms with van der Waals surface area (Å²) in [6.07, 6.45) is 0. The molecule has 0 aliphatic carbocycles. The van der Waals surface area contributed by atoms with Crippen molar-refractivity contribution in [3.63, 3.8) is 0 Å². The number of hydrogen-bond acceptors (Lipinski definition) is 6. The van der Waals surface area contributed by atoms with Crippen molar-refractivity contribution in [1.82, 2.24) is 0 Å². The van der Waals surface area contributed by atoms with Gasteiger partial charge in [-0.1, -0.05) is 78.9 Å². The summed E-state index contributed by atoms with van der Waals surface area (Å²) in [5, 5.41) is 0. The number of nitrogens with zero attached hydrogens (tertiary/aromatic N) is 2. The van der Waals surface area contributed by atoms with Crippen LogP contribution in [0.15, 0.2) is 182 Å². The molecule has 0 bridgehead atoms. The first-order chi connectivity index (χ1) is 30.7. The monoisotopic (exact) mass is 792 g/mol. The fourth-order valence-corrected chi connectivity index (χ4v) is 11.1. The minimum Gasteiger partial charge on any atom is -0.458 e. The second-order valence-corrected chi connectivity index (χ2v) is 16.7. The van der Waals surface area contributed by atoms with Crippen molar-refractivity contribution < 1.29 is 18.9 Å². The van der Waals surface area contributed by atoms with E-state index in [0.29, 0.717) is 0 Å². The summed E-state index contributed by atoms with van der Waals surface area (Å²) >= 11 is 0. The Balaban J connectivity index is 0.843. The maximum Gasteiger partial charge on any atom is 0.266 e. The van der Waals surface area contributed by atoms with E-state index in [1.165, 1.54) is 21.9 Å². The van der Waals surface area contributed by atoms with Gasteiger partial charge in [0, 0.05) is 45.0 Å². The summed E-state index contributed by atoms with van der Waals surface area (Å²) < 4.78 is 27.5. The van der Waals surface area contributed by atoms with E-state index < -0.39 is 0 Å².